The van der Waals surface area contributed by atoms with Crippen LogP contribution in [-0.4, -0.2) is 22.7 Å². The molecule has 0 radical (unpaired) electrons. The molecule has 4 saturated carbocycles. The second kappa shape index (κ2) is 10.5. The maximum Gasteiger partial charge on any atom is 0.332 e. The van der Waals surface area contributed by atoms with Crippen molar-refractivity contribution in [1.82, 2.24) is 5.43 Å². The van der Waals surface area contributed by atoms with E-state index in [0.717, 1.165) is 43.0 Å². The second-order valence-electron chi connectivity index (χ2n) is 13.4. The molecule has 0 aromatic rings. The zero-order chi connectivity index (χ0) is 26.3. The van der Waals surface area contributed by atoms with E-state index in [-0.39, 0.29) is 11.3 Å². The minimum atomic E-state index is -0.611. The van der Waals surface area contributed by atoms with Crippen LogP contribution >= 0.6 is 0 Å². The van der Waals surface area contributed by atoms with E-state index >= 15 is 0 Å². The van der Waals surface area contributed by atoms with E-state index in [2.05, 4.69) is 69.4 Å². The predicted octanol–water partition coefficient (Wildman–Crippen LogP) is 6.98. The molecule has 4 aliphatic carbocycles. The SMILES string of the molecule is CC[C@H](C=C[C@@H](C)[C@H]1CC[C@H]2[C@@H]3C/C(=N/NC(N)=O)C4C/C(=N/O)CC[C@]4(C)[C@H]3CC[C@]12C)C(C)C. The summed E-state index contributed by atoms with van der Waals surface area (Å²) in [5.41, 5.74) is 10.3. The van der Waals surface area contributed by atoms with E-state index in [0.29, 0.717) is 40.9 Å². The third-order valence-corrected chi connectivity index (χ3v) is 11.5. The maximum absolute atomic E-state index is 11.5. The summed E-state index contributed by atoms with van der Waals surface area (Å²) in [5.74, 6) is 4.81. The molecule has 4 fully saturated rings. The molecule has 4 rings (SSSR count). The number of nitrogens with one attached hydrogen (secondary N) is 1. The number of carbonyl (C=O) groups is 1. The van der Waals surface area contributed by atoms with Crippen molar-refractivity contribution in [3.05, 3.63) is 12.2 Å². The Hall–Kier alpha value is -1.85. The molecule has 6 heteroatoms. The summed E-state index contributed by atoms with van der Waals surface area (Å²) in [6.45, 7) is 14.5. The zero-order valence-corrected chi connectivity index (χ0v) is 23.5. The van der Waals surface area contributed by atoms with Gasteiger partial charge in [0.05, 0.1) is 5.71 Å². The highest BCUT2D eigenvalue weighted by molar-refractivity contribution is 5.96. The Bertz CT molecular complexity index is 911. The standard InChI is InChI=1S/C30H50N4O2/c1-7-20(18(2)3)9-8-19(4)23-10-11-24-22-17-27(32-33-28(31)35)26-16-21(34-36)12-14-30(26,6)25(22)13-15-29(23,24)5/h8-9,18-20,22-26,36H,7,10-17H2,1-6H3,(H3,31,33,35)/b9-8?,32-27-,34-21+/t19-,20-,22+,23-,24+,25+,26?,29-,30-/m1/s1. The number of carbonyl (C=O) groups excluding carboxylic acids is 1. The number of nitrogens with zero attached hydrogens (tertiary/aromatic N) is 2. The van der Waals surface area contributed by atoms with Gasteiger partial charge in [0.2, 0.25) is 0 Å². The van der Waals surface area contributed by atoms with E-state index in [1.165, 1.54) is 32.1 Å². The lowest BCUT2D eigenvalue weighted by molar-refractivity contribution is -0.0700. The molecule has 9 atom stereocenters. The van der Waals surface area contributed by atoms with Gasteiger partial charge in [-0.3, -0.25) is 0 Å². The van der Waals surface area contributed by atoms with Gasteiger partial charge < -0.3 is 10.9 Å². The number of rotatable bonds is 6. The highest BCUT2D eigenvalue weighted by atomic mass is 16.4. The Morgan fingerprint density at radius 1 is 1.11 bits per heavy atom. The summed E-state index contributed by atoms with van der Waals surface area (Å²) in [5, 5.41) is 17.7. The van der Waals surface area contributed by atoms with Gasteiger partial charge in [-0.15, -0.1) is 0 Å². The molecule has 36 heavy (non-hydrogen) atoms. The van der Waals surface area contributed by atoms with E-state index in [4.69, 9.17) is 5.73 Å². The van der Waals surface area contributed by atoms with Gasteiger partial charge in [0, 0.05) is 11.6 Å². The number of oxime groups is 1. The quantitative estimate of drug-likeness (QED) is 0.209. The van der Waals surface area contributed by atoms with Crippen molar-refractivity contribution >= 4 is 17.5 Å². The molecule has 0 bridgehead atoms. The lowest BCUT2D eigenvalue weighted by Gasteiger charge is -2.60. The molecular formula is C30H50N4O2. The third-order valence-electron chi connectivity index (χ3n) is 11.5. The number of urea groups is 1. The summed E-state index contributed by atoms with van der Waals surface area (Å²) >= 11 is 0. The number of hydrogen-bond acceptors (Lipinski definition) is 4. The Kier molecular flexibility index (Phi) is 7.92. The normalized spacial score (nSPS) is 42.2. The summed E-state index contributed by atoms with van der Waals surface area (Å²) in [4.78, 5) is 11.5. The van der Waals surface area contributed by atoms with Crippen molar-refractivity contribution in [2.75, 3.05) is 0 Å². The van der Waals surface area contributed by atoms with E-state index in [9.17, 15) is 10.0 Å². The van der Waals surface area contributed by atoms with Crippen LogP contribution in [0.3, 0.4) is 0 Å². The molecule has 0 aliphatic heterocycles. The molecular weight excluding hydrogens is 448 g/mol. The average Bonchev–Trinajstić information content (AvgIpc) is 3.19. The topological polar surface area (TPSA) is 100 Å². The third kappa shape index (κ3) is 4.74. The van der Waals surface area contributed by atoms with Crippen LogP contribution in [0, 0.1) is 58.2 Å². The molecule has 0 aromatic heterocycles. The van der Waals surface area contributed by atoms with Crippen LogP contribution in [0.5, 0.6) is 0 Å². The lowest BCUT2D eigenvalue weighted by Crippen LogP contribution is -2.57. The molecule has 0 aromatic carbocycles. The second-order valence-corrected chi connectivity index (χ2v) is 13.4. The number of nitrogens with two attached hydrogens (primary N) is 1. The first kappa shape index (κ1) is 27.2. The summed E-state index contributed by atoms with van der Waals surface area (Å²) < 4.78 is 0. The number of fused-ring (bicyclic) bond motifs is 5. The fourth-order valence-electron chi connectivity index (χ4n) is 9.40. The van der Waals surface area contributed by atoms with Gasteiger partial charge in [-0.1, -0.05) is 58.9 Å². The Balaban J connectivity index is 1.60. The molecule has 202 valence electrons. The van der Waals surface area contributed by atoms with E-state index < -0.39 is 6.03 Å². The Morgan fingerprint density at radius 3 is 2.47 bits per heavy atom. The number of hydrazone groups is 1. The summed E-state index contributed by atoms with van der Waals surface area (Å²) in [6, 6.07) is -0.611. The van der Waals surface area contributed by atoms with Crippen LogP contribution in [0.1, 0.15) is 99.3 Å². The zero-order valence-electron chi connectivity index (χ0n) is 23.5. The largest absolute Gasteiger partial charge is 0.411 e. The first-order valence-corrected chi connectivity index (χ1v) is 14.5. The van der Waals surface area contributed by atoms with Crippen molar-refractivity contribution < 1.29 is 10.0 Å². The Labute approximate surface area is 218 Å². The molecule has 0 spiro atoms. The highest BCUT2D eigenvalue weighted by Gasteiger charge is 2.61. The fourth-order valence-corrected chi connectivity index (χ4v) is 9.40. The number of amides is 2. The van der Waals surface area contributed by atoms with Crippen LogP contribution in [0.25, 0.3) is 0 Å². The van der Waals surface area contributed by atoms with Crippen LogP contribution in [-0.2, 0) is 0 Å². The van der Waals surface area contributed by atoms with Gasteiger partial charge in [0.15, 0.2) is 0 Å². The van der Waals surface area contributed by atoms with E-state index in [1.54, 1.807) is 0 Å². The van der Waals surface area contributed by atoms with Crippen LogP contribution in [0.15, 0.2) is 22.4 Å². The molecule has 4 N–H and O–H groups in total. The molecule has 4 aliphatic rings. The van der Waals surface area contributed by atoms with Crippen LogP contribution in [0.4, 0.5) is 4.79 Å². The van der Waals surface area contributed by atoms with Crippen molar-refractivity contribution in [2.24, 2.45) is 74.2 Å². The number of hydrogen-bond donors (Lipinski definition) is 3. The van der Waals surface area contributed by atoms with Crippen molar-refractivity contribution in [2.45, 2.75) is 99.3 Å². The van der Waals surface area contributed by atoms with E-state index in [1.807, 2.05) is 0 Å². The molecule has 0 saturated heterocycles. The predicted molar refractivity (Wildman–Crippen MR) is 147 cm³/mol. The monoisotopic (exact) mass is 498 g/mol. The van der Waals surface area contributed by atoms with Crippen LogP contribution in [0.2, 0.25) is 0 Å². The van der Waals surface area contributed by atoms with Gasteiger partial charge >= 0.3 is 6.03 Å². The fraction of sp³-hybridized carbons (Fsp3) is 0.833. The minimum Gasteiger partial charge on any atom is -0.411 e. The van der Waals surface area contributed by atoms with Gasteiger partial charge in [-0.25, -0.2) is 10.2 Å². The molecule has 6 nitrogen and oxygen atoms in total. The lowest BCUT2D eigenvalue weighted by atomic mass is 9.44. The number of primary amides is 1. The average molecular weight is 499 g/mol. The minimum absolute atomic E-state index is 0.117. The first-order chi connectivity index (χ1) is 17.0. The summed E-state index contributed by atoms with van der Waals surface area (Å²) in [6.07, 6.45) is 15.0. The van der Waals surface area contributed by atoms with Gasteiger partial charge in [-0.05, 0) is 110 Å². The molecule has 2 amide bonds. The van der Waals surface area contributed by atoms with Gasteiger partial charge in [0.25, 0.3) is 0 Å². The first-order valence-electron chi connectivity index (χ1n) is 14.5. The van der Waals surface area contributed by atoms with Gasteiger partial charge in [0.1, 0.15) is 0 Å². The highest BCUT2D eigenvalue weighted by Crippen LogP contribution is 2.67. The van der Waals surface area contributed by atoms with Crippen molar-refractivity contribution in [3.63, 3.8) is 0 Å². The van der Waals surface area contributed by atoms with Crippen molar-refractivity contribution in [1.29, 1.82) is 0 Å². The maximum atomic E-state index is 11.5. The molecule has 1 unspecified atom stereocenters. The van der Waals surface area contributed by atoms with Crippen LogP contribution < -0.4 is 11.2 Å². The smallest absolute Gasteiger partial charge is 0.332 e. The summed E-state index contributed by atoms with van der Waals surface area (Å²) in [7, 11) is 0. The number of allylic oxidation sites excluding steroid dienone is 2. The van der Waals surface area contributed by atoms with Crippen molar-refractivity contribution in [3.8, 4) is 0 Å². The Morgan fingerprint density at radius 2 is 1.83 bits per heavy atom. The molecule has 0 heterocycles. The van der Waals surface area contributed by atoms with Gasteiger partial charge in [-0.2, -0.15) is 5.10 Å².